The predicted molar refractivity (Wildman–Crippen MR) is 60.3 cm³/mol. The summed E-state index contributed by atoms with van der Waals surface area (Å²) < 4.78 is 0. The van der Waals surface area contributed by atoms with Crippen LogP contribution in [-0.2, 0) is 0 Å². The first-order chi connectivity index (χ1) is 6.47. The Bertz CT molecular complexity index is 289. The van der Waals surface area contributed by atoms with Crippen LogP contribution in [0.4, 0.5) is 5.82 Å². The summed E-state index contributed by atoms with van der Waals surface area (Å²) in [4.78, 5) is 4.34. The van der Waals surface area contributed by atoms with E-state index >= 15 is 0 Å². The van der Waals surface area contributed by atoms with Crippen molar-refractivity contribution in [1.29, 1.82) is 0 Å². The molecule has 0 aromatic carbocycles. The van der Waals surface area contributed by atoms with Gasteiger partial charge in [-0.25, -0.2) is 4.98 Å². The van der Waals surface area contributed by atoms with Crippen molar-refractivity contribution in [2.45, 2.75) is 32.7 Å². The van der Waals surface area contributed by atoms with E-state index in [1.165, 1.54) is 0 Å². The van der Waals surface area contributed by atoms with E-state index < -0.39 is 0 Å². The molecule has 0 aliphatic rings. The quantitative estimate of drug-likeness (QED) is 0.768. The molecule has 78 valence electrons. The first-order valence-electron chi connectivity index (χ1n) is 4.94. The van der Waals surface area contributed by atoms with Crippen molar-refractivity contribution in [3.05, 3.63) is 23.9 Å². The van der Waals surface area contributed by atoms with Gasteiger partial charge < -0.3 is 11.1 Å². The molecule has 0 atom stereocenters. The maximum atomic E-state index is 5.87. The Balaban J connectivity index is 2.39. The number of pyridine rings is 1. The number of hydrogen-bond acceptors (Lipinski definition) is 3. The van der Waals surface area contributed by atoms with Crippen molar-refractivity contribution in [3.63, 3.8) is 0 Å². The number of nitrogens with two attached hydrogens (primary N) is 1. The molecule has 0 saturated carbocycles. The molecule has 0 fully saturated rings. The molecule has 1 heterocycles. The van der Waals surface area contributed by atoms with Gasteiger partial charge in [0, 0.05) is 17.8 Å². The molecule has 0 unspecified atom stereocenters. The van der Waals surface area contributed by atoms with Crippen LogP contribution in [0.25, 0.3) is 0 Å². The van der Waals surface area contributed by atoms with E-state index in [1.54, 1.807) is 0 Å². The van der Waals surface area contributed by atoms with Crippen molar-refractivity contribution >= 4 is 5.82 Å². The summed E-state index contributed by atoms with van der Waals surface area (Å²) in [6.07, 6.45) is 0.933. The molecule has 0 aliphatic carbocycles. The molecule has 0 saturated heterocycles. The largest absolute Gasteiger partial charge is 0.370 e. The lowest BCUT2D eigenvalue weighted by atomic mass is 10.0. The van der Waals surface area contributed by atoms with Crippen LogP contribution in [-0.4, -0.2) is 17.1 Å². The maximum Gasteiger partial charge on any atom is 0.126 e. The van der Waals surface area contributed by atoms with Gasteiger partial charge in [0.05, 0.1) is 0 Å². The number of nitrogens with one attached hydrogen (secondary N) is 1. The van der Waals surface area contributed by atoms with E-state index in [2.05, 4.69) is 10.3 Å². The fourth-order valence-electron chi connectivity index (χ4n) is 1.15. The molecule has 0 amide bonds. The molecule has 3 heteroatoms. The predicted octanol–water partition coefficient (Wildman–Crippen LogP) is 1.93. The second-order valence-electron chi connectivity index (χ2n) is 4.33. The standard InChI is InChI=1S/C11H19N3/c1-9-5-4-6-10(14-9)13-8-7-11(2,3)12/h4-6H,7-8,12H2,1-3H3,(H,13,14). The lowest BCUT2D eigenvalue weighted by Crippen LogP contribution is -2.34. The molecule has 1 aromatic heterocycles. The topological polar surface area (TPSA) is 50.9 Å². The zero-order valence-electron chi connectivity index (χ0n) is 9.17. The van der Waals surface area contributed by atoms with E-state index in [9.17, 15) is 0 Å². The van der Waals surface area contributed by atoms with E-state index in [0.29, 0.717) is 0 Å². The van der Waals surface area contributed by atoms with Gasteiger partial charge >= 0.3 is 0 Å². The van der Waals surface area contributed by atoms with Gasteiger partial charge in [-0.3, -0.25) is 0 Å². The fourth-order valence-corrected chi connectivity index (χ4v) is 1.15. The van der Waals surface area contributed by atoms with E-state index in [1.807, 2.05) is 39.0 Å². The average Bonchev–Trinajstić information content (AvgIpc) is 2.01. The minimum absolute atomic E-state index is 0.114. The lowest BCUT2D eigenvalue weighted by Gasteiger charge is -2.18. The third-order valence-electron chi connectivity index (χ3n) is 1.96. The fraction of sp³-hybridized carbons (Fsp3) is 0.545. The summed E-state index contributed by atoms with van der Waals surface area (Å²) in [5.41, 5.74) is 6.78. The number of aryl methyl sites for hydroxylation is 1. The van der Waals surface area contributed by atoms with Crippen LogP contribution in [0.1, 0.15) is 26.0 Å². The molecule has 1 aromatic rings. The first kappa shape index (κ1) is 11.0. The lowest BCUT2D eigenvalue weighted by molar-refractivity contribution is 0.490. The van der Waals surface area contributed by atoms with Crippen LogP contribution in [0, 0.1) is 6.92 Å². The number of nitrogens with zero attached hydrogens (tertiary/aromatic N) is 1. The van der Waals surface area contributed by atoms with Gasteiger partial charge in [0.25, 0.3) is 0 Å². The molecule has 3 nitrogen and oxygen atoms in total. The number of hydrogen-bond donors (Lipinski definition) is 2. The molecule has 1 rings (SSSR count). The summed E-state index contributed by atoms with van der Waals surface area (Å²) in [6.45, 7) is 6.90. The number of aromatic nitrogens is 1. The van der Waals surface area contributed by atoms with Gasteiger partial charge in [0.15, 0.2) is 0 Å². The van der Waals surface area contributed by atoms with Crippen molar-refractivity contribution in [1.82, 2.24) is 4.98 Å². The van der Waals surface area contributed by atoms with Gasteiger partial charge in [-0.1, -0.05) is 6.07 Å². The van der Waals surface area contributed by atoms with Crippen LogP contribution < -0.4 is 11.1 Å². The monoisotopic (exact) mass is 193 g/mol. The van der Waals surface area contributed by atoms with Crippen molar-refractivity contribution in [3.8, 4) is 0 Å². The summed E-state index contributed by atoms with van der Waals surface area (Å²) >= 11 is 0. The Morgan fingerprint density at radius 3 is 2.71 bits per heavy atom. The van der Waals surface area contributed by atoms with Crippen LogP contribution >= 0.6 is 0 Å². The first-order valence-corrected chi connectivity index (χ1v) is 4.94. The Morgan fingerprint density at radius 2 is 2.14 bits per heavy atom. The van der Waals surface area contributed by atoms with E-state index in [4.69, 9.17) is 5.73 Å². The molecule has 0 bridgehead atoms. The van der Waals surface area contributed by atoms with Crippen molar-refractivity contribution < 1.29 is 0 Å². The Hall–Kier alpha value is -1.09. The summed E-state index contributed by atoms with van der Waals surface area (Å²) in [5, 5.41) is 3.25. The summed E-state index contributed by atoms with van der Waals surface area (Å²) in [7, 11) is 0. The zero-order valence-corrected chi connectivity index (χ0v) is 9.17. The number of rotatable bonds is 4. The molecule has 0 spiro atoms. The molecular formula is C11H19N3. The van der Waals surface area contributed by atoms with Gasteiger partial charge in [-0.15, -0.1) is 0 Å². The van der Waals surface area contributed by atoms with Gasteiger partial charge in [-0.2, -0.15) is 0 Å². The van der Waals surface area contributed by atoms with Crippen LogP contribution in [0.15, 0.2) is 18.2 Å². The summed E-state index contributed by atoms with van der Waals surface area (Å²) in [6, 6.07) is 5.95. The average molecular weight is 193 g/mol. The van der Waals surface area contributed by atoms with Gasteiger partial charge in [0.1, 0.15) is 5.82 Å². The molecule has 14 heavy (non-hydrogen) atoms. The highest BCUT2D eigenvalue weighted by atomic mass is 15.0. The van der Waals surface area contributed by atoms with E-state index in [-0.39, 0.29) is 5.54 Å². The van der Waals surface area contributed by atoms with Crippen LogP contribution in [0.2, 0.25) is 0 Å². The zero-order chi connectivity index (χ0) is 10.6. The minimum atomic E-state index is -0.114. The second-order valence-corrected chi connectivity index (χ2v) is 4.33. The normalized spacial score (nSPS) is 11.4. The SMILES string of the molecule is Cc1cccc(NCCC(C)(C)N)n1. The van der Waals surface area contributed by atoms with Crippen LogP contribution in [0.3, 0.4) is 0 Å². The molecule has 3 N–H and O–H groups in total. The minimum Gasteiger partial charge on any atom is -0.370 e. The van der Waals surface area contributed by atoms with E-state index in [0.717, 1.165) is 24.5 Å². The second kappa shape index (κ2) is 4.42. The Kier molecular flexibility index (Phi) is 3.47. The smallest absolute Gasteiger partial charge is 0.126 e. The highest BCUT2D eigenvalue weighted by Gasteiger charge is 2.09. The maximum absolute atomic E-state index is 5.87. The molecule has 0 radical (unpaired) electrons. The van der Waals surface area contributed by atoms with Gasteiger partial charge in [0.2, 0.25) is 0 Å². The van der Waals surface area contributed by atoms with Crippen molar-refractivity contribution in [2.75, 3.05) is 11.9 Å². The Morgan fingerprint density at radius 1 is 1.43 bits per heavy atom. The Labute approximate surface area is 85.7 Å². The van der Waals surface area contributed by atoms with Gasteiger partial charge in [-0.05, 0) is 39.3 Å². The third kappa shape index (κ3) is 4.23. The molecule has 0 aliphatic heterocycles. The van der Waals surface area contributed by atoms with Crippen LogP contribution in [0.5, 0.6) is 0 Å². The highest BCUT2D eigenvalue weighted by Crippen LogP contribution is 2.06. The summed E-state index contributed by atoms with van der Waals surface area (Å²) in [5.74, 6) is 0.925. The number of anilines is 1. The van der Waals surface area contributed by atoms with Crippen molar-refractivity contribution in [2.24, 2.45) is 5.73 Å². The third-order valence-corrected chi connectivity index (χ3v) is 1.96. The highest BCUT2D eigenvalue weighted by molar-refractivity contribution is 5.34. The molecular weight excluding hydrogens is 174 g/mol.